The van der Waals surface area contributed by atoms with Gasteiger partial charge in [0.2, 0.25) is 0 Å². The Morgan fingerprint density at radius 3 is 1.64 bits per heavy atom. The van der Waals surface area contributed by atoms with Crippen molar-refractivity contribution in [2.45, 2.75) is 27.7 Å². The summed E-state index contributed by atoms with van der Waals surface area (Å²) in [7, 11) is 0. The first-order valence-electron chi connectivity index (χ1n) is 4.91. The average Bonchev–Trinajstić information content (AvgIpc) is 2.17. The Bertz CT molecular complexity index is 249. The minimum absolute atomic E-state index is 1.05. The van der Waals surface area contributed by atoms with Crippen molar-refractivity contribution in [1.29, 1.82) is 0 Å². The van der Waals surface area contributed by atoms with Crippen molar-refractivity contribution < 1.29 is 0 Å². The number of hydrogen-bond acceptors (Lipinski definition) is 0. The van der Waals surface area contributed by atoms with Crippen LogP contribution < -0.4 is 0 Å². The lowest BCUT2D eigenvalue weighted by Gasteiger charge is -2.05. The minimum Gasteiger partial charge on any atom is -0.0991 e. The Balaban J connectivity index is 0. The second-order valence-corrected chi connectivity index (χ2v) is 2.68. The summed E-state index contributed by atoms with van der Waals surface area (Å²) in [6, 6.07) is 0. The molecule has 0 aromatic carbocycles. The van der Waals surface area contributed by atoms with Gasteiger partial charge in [-0.15, -0.1) is 0 Å². The van der Waals surface area contributed by atoms with Crippen LogP contribution in [-0.4, -0.2) is 0 Å². The molecule has 0 aliphatic carbocycles. The van der Waals surface area contributed by atoms with Crippen molar-refractivity contribution in [1.82, 2.24) is 0 Å². The Hall–Kier alpha value is -1.30. The Labute approximate surface area is 89.0 Å². The number of allylic oxidation sites excluding steroid dienone is 7. The predicted molar refractivity (Wildman–Crippen MR) is 68.4 cm³/mol. The zero-order chi connectivity index (χ0) is 11.6. The molecule has 0 nitrogen and oxygen atoms in total. The maximum atomic E-state index is 3.89. The highest BCUT2D eigenvalue weighted by atomic mass is 14.0. The van der Waals surface area contributed by atoms with Crippen molar-refractivity contribution in [3.8, 4) is 0 Å². The summed E-state index contributed by atoms with van der Waals surface area (Å²) in [5.41, 5.74) is 3.34. The summed E-state index contributed by atoms with van der Waals surface area (Å²) in [5.74, 6) is 0. The molecule has 0 rings (SSSR count). The molecule has 0 aromatic heterocycles. The van der Waals surface area contributed by atoms with Crippen LogP contribution in [0.4, 0.5) is 0 Å². The van der Waals surface area contributed by atoms with Crippen molar-refractivity contribution in [2.24, 2.45) is 0 Å². The monoisotopic (exact) mass is 190 g/mol. The molecule has 0 atom stereocenters. The van der Waals surface area contributed by atoms with E-state index in [1.54, 1.807) is 12.2 Å². The van der Waals surface area contributed by atoms with E-state index >= 15 is 0 Å². The third kappa shape index (κ3) is 6.24. The van der Waals surface area contributed by atoms with Gasteiger partial charge in [-0.05, 0) is 25.0 Å². The standard InChI is InChI=1S/C12H16.C2H6/c1-6-8-11(5)12(9-7-2)10(3)4;1-2/h6-9H,1-3H2,4-5H3;1-2H3/b11-8-,12-9+;. The van der Waals surface area contributed by atoms with E-state index in [-0.39, 0.29) is 0 Å². The van der Waals surface area contributed by atoms with Crippen LogP contribution in [-0.2, 0) is 0 Å². The highest BCUT2D eigenvalue weighted by Gasteiger charge is 1.97. The summed E-state index contributed by atoms with van der Waals surface area (Å²) < 4.78 is 0. The topological polar surface area (TPSA) is 0 Å². The van der Waals surface area contributed by atoms with Crippen molar-refractivity contribution >= 4 is 0 Å². The van der Waals surface area contributed by atoms with E-state index in [9.17, 15) is 0 Å². The van der Waals surface area contributed by atoms with Gasteiger partial charge in [0.05, 0.1) is 0 Å². The Morgan fingerprint density at radius 1 is 0.929 bits per heavy atom. The SMILES string of the molecule is C=C/C=C(C)\C(=C\C=C)C(=C)C.CC. The molecule has 0 radical (unpaired) electrons. The van der Waals surface area contributed by atoms with Crippen molar-refractivity contribution in [2.75, 3.05) is 0 Å². The molecular weight excluding hydrogens is 168 g/mol. The average molecular weight is 190 g/mol. The van der Waals surface area contributed by atoms with Gasteiger partial charge >= 0.3 is 0 Å². The van der Waals surface area contributed by atoms with Crippen LogP contribution >= 0.6 is 0 Å². The summed E-state index contributed by atoms with van der Waals surface area (Å²) in [4.78, 5) is 0. The van der Waals surface area contributed by atoms with Crippen LogP contribution in [0.5, 0.6) is 0 Å². The highest BCUT2D eigenvalue weighted by Crippen LogP contribution is 2.17. The predicted octanol–water partition coefficient (Wildman–Crippen LogP) is 4.83. The van der Waals surface area contributed by atoms with Gasteiger partial charge in [-0.1, -0.05) is 63.5 Å². The van der Waals surface area contributed by atoms with E-state index in [2.05, 4.69) is 19.7 Å². The van der Waals surface area contributed by atoms with Crippen LogP contribution in [0, 0.1) is 0 Å². The molecule has 78 valence electrons. The fourth-order valence-electron chi connectivity index (χ4n) is 0.995. The van der Waals surface area contributed by atoms with Crippen LogP contribution in [0.3, 0.4) is 0 Å². The fourth-order valence-corrected chi connectivity index (χ4v) is 0.995. The molecule has 0 heteroatoms. The van der Waals surface area contributed by atoms with Gasteiger partial charge in [0.1, 0.15) is 0 Å². The second-order valence-electron chi connectivity index (χ2n) is 2.68. The summed E-state index contributed by atoms with van der Waals surface area (Å²) in [6.45, 7) is 19.2. The van der Waals surface area contributed by atoms with Crippen molar-refractivity contribution in [3.63, 3.8) is 0 Å². The number of hydrogen-bond donors (Lipinski definition) is 0. The molecule has 0 aliphatic rings. The molecule has 0 spiro atoms. The van der Waals surface area contributed by atoms with Gasteiger partial charge in [-0.2, -0.15) is 0 Å². The van der Waals surface area contributed by atoms with Gasteiger partial charge in [-0.3, -0.25) is 0 Å². The summed E-state index contributed by atoms with van der Waals surface area (Å²) >= 11 is 0. The van der Waals surface area contributed by atoms with Gasteiger partial charge in [0.25, 0.3) is 0 Å². The first kappa shape index (κ1) is 15.2. The fraction of sp³-hybridized carbons (Fsp3) is 0.286. The summed E-state index contributed by atoms with van der Waals surface area (Å²) in [6.07, 6.45) is 7.46. The molecule has 0 heterocycles. The molecule has 0 N–H and O–H groups in total. The lowest BCUT2D eigenvalue weighted by atomic mass is 10.0. The normalized spacial score (nSPS) is 11.1. The highest BCUT2D eigenvalue weighted by molar-refractivity contribution is 5.45. The molecule has 0 unspecified atom stereocenters. The third-order valence-electron chi connectivity index (χ3n) is 1.54. The first-order valence-corrected chi connectivity index (χ1v) is 4.91. The molecule has 0 amide bonds. The van der Waals surface area contributed by atoms with Crippen LogP contribution in [0.1, 0.15) is 27.7 Å². The smallest absolute Gasteiger partial charge is 0.0204 e. The quantitative estimate of drug-likeness (QED) is 0.557. The second kappa shape index (κ2) is 9.79. The van der Waals surface area contributed by atoms with E-state index in [0.717, 1.165) is 16.7 Å². The molecule has 0 aromatic rings. The Kier molecular flexibility index (Phi) is 10.6. The van der Waals surface area contributed by atoms with E-state index in [1.165, 1.54) is 0 Å². The van der Waals surface area contributed by atoms with Gasteiger partial charge in [0.15, 0.2) is 0 Å². The maximum Gasteiger partial charge on any atom is -0.0204 e. The van der Waals surface area contributed by atoms with E-state index in [1.807, 2.05) is 39.8 Å². The van der Waals surface area contributed by atoms with Gasteiger partial charge in [-0.25, -0.2) is 0 Å². The zero-order valence-electron chi connectivity index (χ0n) is 9.93. The molecular formula is C14H22. The van der Waals surface area contributed by atoms with Gasteiger partial charge in [0, 0.05) is 0 Å². The minimum atomic E-state index is 1.05. The third-order valence-corrected chi connectivity index (χ3v) is 1.54. The lowest BCUT2D eigenvalue weighted by Crippen LogP contribution is -1.85. The molecule has 0 saturated heterocycles. The first-order chi connectivity index (χ1) is 6.63. The van der Waals surface area contributed by atoms with E-state index < -0.39 is 0 Å². The lowest BCUT2D eigenvalue weighted by molar-refractivity contribution is 1.33. The van der Waals surface area contributed by atoms with E-state index in [0.29, 0.717) is 0 Å². The van der Waals surface area contributed by atoms with E-state index in [4.69, 9.17) is 0 Å². The van der Waals surface area contributed by atoms with Crippen molar-refractivity contribution in [3.05, 3.63) is 60.8 Å². The molecule has 0 fully saturated rings. The van der Waals surface area contributed by atoms with Gasteiger partial charge < -0.3 is 0 Å². The van der Waals surface area contributed by atoms with Crippen LogP contribution in [0.25, 0.3) is 0 Å². The van der Waals surface area contributed by atoms with Crippen LogP contribution in [0.2, 0.25) is 0 Å². The van der Waals surface area contributed by atoms with Crippen LogP contribution in [0.15, 0.2) is 60.8 Å². The summed E-state index contributed by atoms with van der Waals surface area (Å²) in [5, 5.41) is 0. The largest absolute Gasteiger partial charge is 0.0991 e. The molecule has 0 saturated carbocycles. The zero-order valence-corrected chi connectivity index (χ0v) is 9.93. The molecule has 0 aliphatic heterocycles. The molecule has 14 heavy (non-hydrogen) atoms. The Morgan fingerprint density at radius 2 is 1.36 bits per heavy atom. The maximum absolute atomic E-state index is 3.89. The number of rotatable bonds is 4. The molecule has 0 bridgehead atoms.